The Morgan fingerprint density at radius 2 is 2.22 bits per heavy atom. The van der Waals surface area contributed by atoms with E-state index in [4.69, 9.17) is 11.6 Å². The second-order valence-corrected chi connectivity index (χ2v) is 7.89. The van der Waals surface area contributed by atoms with Gasteiger partial charge in [-0.25, -0.2) is 4.98 Å². The van der Waals surface area contributed by atoms with E-state index < -0.39 is 0 Å². The molecule has 2 aromatic rings. The Kier molecular flexibility index (Phi) is 8.38. The maximum Gasteiger partial charge on any atom is 0.262 e. The predicted molar refractivity (Wildman–Crippen MR) is 114 cm³/mol. The molecule has 0 saturated carbocycles. The van der Waals surface area contributed by atoms with Gasteiger partial charge in [0.25, 0.3) is 5.56 Å². The summed E-state index contributed by atoms with van der Waals surface area (Å²) in [5.74, 6) is 0.153. The van der Waals surface area contributed by atoms with Gasteiger partial charge in [0.15, 0.2) is 5.16 Å². The lowest BCUT2D eigenvalue weighted by molar-refractivity contribution is -0.119. The number of fused-ring (bicyclic) bond motifs is 1. The van der Waals surface area contributed by atoms with Crippen molar-refractivity contribution in [3.05, 3.63) is 46.2 Å². The van der Waals surface area contributed by atoms with Crippen molar-refractivity contribution >= 4 is 40.2 Å². The maximum atomic E-state index is 12.8. The van der Waals surface area contributed by atoms with Gasteiger partial charge < -0.3 is 5.32 Å². The first-order valence-electron chi connectivity index (χ1n) is 9.19. The van der Waals surface area contributed by atoms with E-state index in [1.165, 1.54) is 22.7 Å². The summed E-state index contributed by atoms with van der Waals surface area (Å²) >= 11 is 7.26. The number of amides is 1. The summed E-state index contributed by atoms with van der Waals surface area (Å²) in [5, 5.41) is 4.46. The lowest BCUT2D eigenvalue weighted by Crippen LogP contribution is -2.34. The summed E-state index contributed by atoms with van der Waals surface area (Å²) in [4.78, 5) is 29.5. The molecule has 0 aliphatic rings. The first-order valence-corrected chi connectivity index (χ1v) is 10.6. The molecule has 2 rings (SSSR count). The number of carbonyl (C=O) groups excluding carboxylic acids is 1. The first-order chi connectivity index (χ1) is 13.0. The summed E-state index contributed by atoms with van der Waals surface area (Å²) in [6, 6.07) is 5.18. The number of aromatic nitrogens is 2. The number of hydrogen-bond acceptors (Lipinski definition) is 4. The van der Waals surface area contributed by atoms with Crippen molar-refractivity contribution in [1.29, 1.82) is 0 Å². The third-order valence-electron chi connectivity index (χ3n) is 4.17. The monoisotopic (exact) mass is 407 g/mol. The molecule has 1 N–H and O–H groups in total. The molecule has 146 valence electrons. The zero-order chi connectivity index (χ0) is 19.8. The first kappa shape index (κ1) is 21.5. The van der Waals surface area contributed by atoms with E-state index in [0.29, 0.717) is 27.6 Å². The van der Waals surface area contributed by atoms with Gasteiger partial charge in [-0.1, -0.05) is 55.6 Å². The molecule has 5 nitrogen and oxygen atoms in total. The van der Waals surface area contributed by atoms with E-state index in [9.17, 15) is 9.59 Å². The number of unbranched alkanes of at least 4 members (excludes halogenated alkanes) is 2. The van der Waals surface area contributed by atoms with Crippen LogP contribution in [-0.2, 0) is 11.3 Å². The molecular weight excluding hydrogens is 382 g/mol. The number of hydrogen-bond donors (Lipinski definition) is 1. The Balaban J connectivity index is 2.12. The van der Waals surface area contributed by atoms with Crippen LogP contribution in [-0.4, -0.2) is 27.3 Å². The van der Waals surface area contributed by atoms with E-state index in [0.717, 1.165) is 19.3 Å². The molecule has 27 heavy (non-hydrogen) atoms. The number of halogens is 1. The summed E-state index contributed by atoms with van der Waals surface area (Å²) in [7, 11) is 0. The minimum atomic E-state index is -0.182. The number of nitrogens with zero attached hydrogens (tertiary/aromatic N) is 2. The van der Waals surface area contributed by atoms with Gasteiger partial charge in [0, 0.05) is 17.6 Å². The highest BCUT2D eigenvalue weighted by atomic mass is 35.5. The number of carbonyl (C=O) groups is 1. The molecule has 0 saturated heterocycles. The lowest BCUT2D eigenvalue weighted by Gasteiger charge is -2.14. The molecule has 0 bridgehead atoms. The average molecular weight is 408 g/mol. The van der Waals surface area contributed by atoms with Crippen LogP contribution in [0.5, 0.6) is 0 Å². The van der Waals surface area contributed by atoms with Crippen LogP contribution in [0.4, 0.5) is 0 Å². The second kappa shape index (κ2) is 10.5. The van der Waals surface area contributed by atoms with Gasteiger partial charge in [-0.2, -0.15) is 0 Å². The van der Waals surface area contributed by atoms with E-state index in [2.05, 4.69) is 23.8 Å². The highest BCUT2D eigenvalue weighted by Crippen LogP contribution is 2.20. The third-order valence-corrected chi connectivity index (χ3v) is 5.38. The summed E-state index contributed by atoms with van der Waals surface area (Å²) < 4.78 is 1.52. The van der Waals surface area contributed by atoms with Crippen molar-refractivity contribution < 1.29 is 4.79 Å². The van der Waals surface area contributed by atoms with Crippen molar-refractivity contribution in [2.75, 3.05) is 5.75 Å². The summed E-state index contributed by atoms with van der Waals surface area (Å²) in [6.07, 6.45) is 6.06. The fraction of sp³-hybridized carbons (Fsp3) is 0.450. The molecule has 1 heterocycles. The number of thioether (sulfide) groups is 1. The zero-order valence-electron chi connectivity index (χ0n) is 15.8. The summed E-state index contributed by atoms with van der Waals surface area (Å²) in [6.45, 7) is 8.21. The Morgan fingerprint density at radius 3 is 2.93 bits per heavy atom. The van der Waals surface area contributed by atoms with Crippen LogP contribution in [0.3, 0.4) is 0 Å². The number of benzene rings is 1. The third kappa shape index (κ3) is 6.11. The quantitative estimate of drug-likeness (QED) is 0.274. The normalized spacial score (nSPS) is 12.1. The van der Waals surface area contributed by atoms with Crippen molar-refractivity contribution in [2.24, 2.45) is 0 Å². The molecule has 1 aromatic heterocycles. The lowest BCUT2D eigenvalue weighted by atomic mass is 10.1. The van der Waals surface area contributed by atoms with Crippen LogP contribution in [0.2, 0.25) is 5.02 Å². The molecule has 0 fully saturated rings. The fourth-order valence-corrected chi connectivity index (χ4v) is 3.78. The highest BCUT2D eigenvalue weighted by molar-refractivity contribution is 7.99. The van der Waals surface area contributed by atoms with Gasteiger partial charge in [-0.15, -0.1) is 6.58 Å². The van der Waals surface area contributed by atoms with Gasteiger partial charge in [-0.05, 0) is 31.5 Å². The van der Waals surface area contributed by atoms with Crippen LogP contribution < -0.4 is 10.9 Å². The molecule has 0 aliphatic heterocycles. The van der Waals surface area contributed by atoms with Crippen molar-refractivity contribution in [1.82, 2.24) is 14.9 Å². The Bertz CT molecular complexity index is 866. The average Bonchev–Trinajstić information content (AvgIpc) is 2.63. The topological polar surface area (TPSA) is 64.0 Å². The molecule has 1 aromatic carbocycles. The van der Waals surface area contributed by atoms with Crippen molar-refractivity contribution in [2.45, 2.75) is 57.3 Å². The van der Waals surface area contributed by atoms with Gasteiger partial charge in [0.2, 0.25) is 5.91 Å². The largest absolute Gasteiger partial charge is 0.353 e. The van der Waals surface area contributed by atoms with Gasteiger partial charge in [0.05, 0.1) is 16.7 Å². The van der Waals surface area contributed by atoms with Gasteiger partial charge in [-0.3, -0.25) is 14.2 Å². The van der Waals surface area contributed by atoms with Crippen LogP contribution >= 0.6 is 23.4 Å². The Hall–Kier alpha value is -1.79. The van der Waals surface area contributed by atoms with Gasteiger partial charge >= 0.3 is 0 Å². The minimum absolute atomic E-state index is 0.0559. The molecule has 0 radical (unpaired) electrons. The number of nitrogens with one attached hydrogen (secondary N) is 1. The fourth-order valence-electron chi connectivity index (χ4n) is 2.79. The highest BCUT2D eigenvalue weighted by Gasteiger charge is 2.14. The molecule has 1 atom stereocenters. The SMILES string of the molecule is C=CCn1c(SCC(=O)N[C@@H](C)CCCCC)nc2ccc(Cl)cc2c1=O. The van der Waals surface area contributed by atoms with Crippen LogP contribution in [0.15, 0.2) is 40.8 Å². The molecular formula is C20H26ClN3O2S. The van der Waals surface area contributed by atoms with E-state index >= 15 is 0 Å². The van der Waals surface area contributed by atoms with Crippen molar-refractivity contribution in [3.63, 3.8) is 0 Å². The predicted octanol–water partition coefficient (Wildman–Crippen LogP) is 4.41. The zero-order valence-corrected chi connectivity index (χ0v) is 17.4. The smallest absolute Gasteiger partial charge is 0.262 e. The van der Waals surface area contributed by atoms with Crippen LogP contribution in [0.25, 0.3) is 10.9 Å². The standard InChI is InChI=1S/C20H26ClN3O2S/c1-4-6-7-8-14(3)22-18(25)13-27-20-23-17-10-9-15(21)12-16(17)19(26)24(20)11-5-2/h5,9-10,12,14H,2,4,6-8,11,13H2,1,3H3,(H,22,25)/t14-/m0/s1. The number of rotatable bonds is 10. The van der Waals surface area contributed by atoms with E-state index in [1.54, 1.807) is 24.3 Å². The van der Waals surface area contributed by atoms with Crippen LogP contribution in [0.1, 0.15) is 39.5 Å². The van der Waals surface area contributed by atoms with E-state index in [-0.39, 0.29) is 23.3 Å². The van der Waals surface area contributed by atoms with Crippen molar-refractivity contribution in [3.8, 4) is 0 Å². The Morgan fingerprint density at radius 1 is 1.44 bits per heavy atom. The molecule has 7 heteroatoms. The summed E-state index contributed by atoms with van der Waals surface area (Å²) in [5.41, 5.74) is 0.388. The Labute approximate surface area is 169 Å². The van der Waals surface area contributed by atoms with Gasteiger partial charge in [0.1, 0.15) is 0 Å². The number of allylic oxidation sites excluding steroid dienone is 1. The molecule has 0 aliphatic carbocycles. The molecule has 1 amide bonds. The van der Waals surface area contributed by atoms with Crippen LogP contribution in [0, 0.1) is 0 Å². The maximum absolute atomic E-state index is 12.8. The minimum Gasteiger partial charge on any atom is -0.353 e. The second-order valence-electron chi connectivity index (χ2n) is 6.51. The molecule has 0 spiro atoms. The van der Waals surface area contributed by atoms with E-state index in [1.807, 2.05) is 6.92 Å². The molecule has 0 unspecified atom stereocenters.